The fourth-order valence-electron chi connectivity index (χ4n) is 4.83. The Hall–Kier alpha value is -5.23. The van der Waals surface area contributed by atoms with Crippen LogP contribution in [0.4, 0.5) is 0 Å². The maximum absolute atomic E-state index is 12.7. The molecule has 9 heteroatoms. The van der Waals surface area contributed by atoms with Gasteiger partial charge in [-0.25, -0.2) is 4.99 Å². The van der Waals surface area contributed by atoms with Gasteiger partial charge in [-0.05, 0) is 73.4 Å². The summed E-state index contributed by atoms with van der Waals surface area (Å²) < 4.78 is 18.7. The first kappa shape index (κ1) is 28.3. The molecule has 42 heavy (non-hydrogen) atoms. The summed E-state index contributed by atoms with van der Waals surface area (Å²) in [5, 5.41) is 15.9. The number of ether oxygens (including phenoxy) is 3. The average molecular weight is 564 g/mol. The highest BCUT2D eigenvalue weighted by Gasteiger charge is 2.22. The zero-order valence-electron chi connectivity index (χ0n) is 23.7. The van der Waals surface area contributed by atoms with Crippen molar-refractivity contribution in [2.75, 3.05) is 20.8 Å². The number of nitrogens with zero attached hydrogens (tertiary/aromatic N) is 3. The van der Waals surface area contributed by atoms with Crippen molar-refractivity contribution in [3.63, 3.8) is 0 Å². The molecule has 3 aromatic carbocycles. The van der Waals surface area contributed by atoms with Crippen LogP contribution in [-0.4, -0.2) is 37.3 Å². The lowest BCUT2D eigenvalue weighted by Crippen LogP contribution is -2.25. The number of nitrogens with one attached hydrogen (secondary N) is 2. The van der Waals surface area contributed by atoms with Gasteiger partial charge in [0.2, 0.25) is 5.96 Å². The van der Waals surface area contributed by atoms with Crippen molar-refractivity contribution in [3.05, 3.63) is 95.3 Å². The predicted octanol–water partition coefficient (Wildman–Crippen LogP) is 5.40. The molecule has 0 atom stereocenters. The molecule has 214 valence electrons. The summed E-state index contributed by atoms with van der Waals surface area (Å²) in [4.78, 5) is 17.3. The first-order valence-electron chi connectivity index (χ1n) is 13.8. The molecule has 0 aliphatic carbocycles. The van der Waals surface area contributed by atoms with Crippen LogP contribution in [-0.2, 0) is 17.9 Å². The van der Waals surface area contributed by atoms with Crippen LogP contribution in [0.3, 0.4) is 0 Å². The van der Waals surface area contributed by atoms with Crippen LogP contribution >= 0.6 is 0 Å². The van der Waals surface area contributed by atoms with E-state index in [2.05, 4.69) is 44.6 Å². The number of amides is 1. The van der Waals surface area contributed by atoms with Crippen molar-refractivity contribution < 1.29 is 19.0 Å². The quantitative estimate of drug-likeness (QED) is 0.177. The van der Waals surface area contributed by atoms with Crippen molar-refractivity contribution in [1.29, 1.82) is 5.26 Å². The SMILES string of the molecule is COc1ccc(CN=C2NC(=O)/C(=C/c3cn(CCCCCOc4ccc(C#N)cc4)c4ccccc34)N2)cc1OC. The number of nitriles is 1. The molecule has 0 unspecified atom stereocenters. The minimum atomic E-state index is -0.222. The predicted molar refractivity (Wildman–Crippen MR) is 162 cm³/mol. The number of benzene rings is 3. The molecule has 0 bridgehead atoms. The third-order valence-electron chi connectivity index (χ3n) is 7.01. The second-order valence-electron chi connectivity index (χ2n) is 9.83. The Labute approximate surface area is 245 Å². The van der Waals surface area contributed by atoms with Crippen LogP contribution < -0.4 is 24.8 Å². The lowest BCUT2D eigenvalue weighted by molar-refractivity contribution is -0.115. The highest BCUT2D eigenvalue weighted by Crippen LogP contribution is 2.28. The number of aromatic nitrogens is 1. The molecule has 0 spiro atoms. The Morgan fingerprint density at radius 1 is 0.952 bits per heavy atom. The highest BCUT2D eigenvalue weighted by atomic mass is 16.5. The first-order chi connectivity index (χ1) is 20.6. The third kappa shape index (κ3) is 6.73. The van der Waals surface area contributed by atoms with E-state index in [0.717, 1.165) is 53.6 Å². The molecular formula is C33H33N5O4. The number of unbranched alkanes of at least 4 members (excludes halogenated alkanes) is 2. The molecule has 0 saturated carbocycles. The van der Waals surface area contributed by atoms with E-state index in [1.807, 2.05) is 48.5 Å². The van der Waals surface area contributed by atoms with E-state index in [1.54, 1.807) is 26.4 Å². The van der Waals surface area contributed by atoms with Crippen molar-refractivity contribution in [3.8, 4) is 23.3 Å². The van der Waals surface area contributed by atoms with Gasteiger partial charge in [0.05, 0.1) is 39.0 Å². The van der Waals surface area contributed by atoms with E-state index in [4.69, 9.17) is 19.5 Å². The second kappa shape index (κ2) is 13.4. The van der Waals surface area contributed by atoms with Gasteiger partial charge in [-0.15, -0.1) is 0 Å². The summed E-state index contributed by atoms with van der Waals surface area (Å²) in [5.41, 5.74) is 4.09. The van der Waals surface area contributed by atoms with E-state index in [-0.39, 0.29) is 5.91 Å². The molecule has 5 rings (SSSR count). The molecular weight excluding hydrogens is 530 g/mol. The second-order valence-corrected chi connectivity index (χ2v) is 9.83. The Morgan fingerprint density at radius 3 is 2.55 bits per heavy atom. The van der Waals surface area contributed by atoms with E-state index < -0.39 is 0 Å². The molecule has 9 nitrogen and oxygen atoms in total. The normalized spacial score (nSPS) is 14.5. The minimum Gasteiger partial charge on any atom is -0.494 e. The molecule has 1 aromatic heterocycles. The van der Waals surface area contributed by atoms with Crippen LogP contribution in [0.1, 0.15) is 36.0 Å². The largest absolute Gasteiger partial charge is 0.494 e. The Balaban J connectivity index is 1.19. The van der Waals surface area contributed by atoms with Gasteiger partial charge in [-0.2, -0.15) is 5.26 Å². The van der Waals surface area contributed by atoms with Crippen LogP contribution in [0.5, 0.6) is 17.2 Å². The summed E-state index contributed by atoms with van der Waals surface area (Å²) in [7, 11) is 3.19. The fraction of sp³-hybridized carbons (Fsp3) is 0.242. The highest BCUT2D eigenvalue weighted by molar-refractivity contribution is 6.16. The summed E-state index contributed by atoms with van der Waals surface area (Å²) in [5.74, 6) is 2.25. The summed E-state index contributed by atoms with van der Waals surface area (Å²) in [6.45, 7) is 1.86. The number of fused-ring (bicyclic) bond motifs is 1. The zero-order chi connectivity index (χ0) is 29.3. The maximum atomic E-state index is 12.7. The monoisotopic (exact) mass is 563 g/mol. The van der Waals surface area contributed by atoms with Gasteiger partial charge in [0.25, 0.3) is 5.91 Å². The number of carbonyl (C=O) groups is 1. The Bertz CT molecular complexity index is 1660. The molecule has 1 saturated heterocycles. The average Bonchev–Trinajstić information content (AvgIpc) is 3.56. The van der Waals surface area contributed by atoms with Crippen molar-refractivity contribution in [1.82, 2.24) is 15.2 Å². The first-order valence-corrected chi connectivity index (χ1v) is 13.8. The van der Waals surface area contributed by atoms with E-state index in [9.17, 15) is 4.79 Å². The Kier molecular flexibility index (Phi) is 9.04. The number of rotatable bonds is 12. The van der Waals surface area contributed by atoms with Gasteiger partial charge in [0, 0.05) is 29.2 Å². The van der Waals surface area contributed by atoms with E-state index in [1.165, 1.54) is 0 Å². The molecule has 0 radical (unpaired) electrons. The number of para-hydroxylation sites is 1. The van der Waals surface area contributed by atoms with Crippen molar-refractivity contribution in [2.24, 2.45) is 4.99 Å². The molecule has 4 aromatic rings. The van der Waals surface area contributed by atoms with Crippen molar-refractivity contribution in [2.45, 2.75) is 32.4 Å². The molecule has 2 N–H and O–H groups in total. The standard InChI is InChI=1S/C33H33N5O4/c1-40-30-15-12-24(18-31(30)41-2)21-35-33-36-28(32(39)37-33)19-25-22-38(29-9-5-4-8-27(25)29)16-6-3-7-17-42-26-13-10-23(20-34)11-14-26/h4-5,8-15,18-19,22H,3,6-7,16-17,21H2,1-2H3,(H2,35,36,37,39)/b28-19-. The summed E-state index contributed by atoms with van der Waals surface area (Å²) in [6.07, 6.45) is 6.92. The number of hydrogen-bond donors (Lipinski definition) is 2. The van der Waals surface area contributed by atoms with Gasteiger partial charge in [0.15, 0.2) is 11.5 Å². The van der Waals surface area contributed by atoms with Gasteiger partial charge in [-0.3, -0.25) is 10.1 Å². The number of guanidine groups is 1. The number of hydrogen-bond acceptors (Lipinski definition) is 6. The van der Waals surface area contributed by atoms with Crippen LogP contribution in [0, 0.1) is 11.3 Å². The van der Waals surface area contributed by atoms with Crippen LogP contribution in [0.25, 0.3) is 17.0 Å². The maximum Gasteiger partial charge on any atom is 0.274 e. The lowest BCUT2D eigenvalue weighted by atomic mass is 10.1. The lowest BCUT2D eigenvalue weighted by Gasteiger charge is -2.08. The summed E-state index contributed by atoms with van der Waals surface area (Å²) >= 11 is 0. The zero-order valence-corrected chi connectivity index (χ0v) is 23.7. The van der Waals surface area contributed by atoms with Gasteiger partial charge in [0.1, 0.15) is 11.4 Å². The van der Waals surface area contributed by atoms with Gasteiger partial charge < -0.3 is 24.1 Å². The number of aryl methyl sites for hydroxylation is 1. The summed E-state index contributed by atoms with van der Waals surface area (Å²) in [6, 6.07) is 23.1. The van der Waals surface area contributed by atoms with Crippen molar-refractivity contribution >= 4 is 28.8 Å². The minimum absolute atomic E-state index is 0.222. The fourth-order valence-corrected chi connectivity index (χ4v) is 4.83. The van der Waals surface area contributed by atoms with Crippen LogP contribution in [0.2, 0.25) is 0 Å². The Morgan fingerprint density at radius 2 is 1.76 bits per heavy atom. The molecule has 1 fully saturated rings. The number of carbonyl (C=O) groups excluding carboxylic acids is 1. The molecule has 1 aliphatic heterocycles. The van der Waals surface area contributed by atoms with Gasteiger partial charge >= 0.3 is 0 Å². The van der Waals surface area contributed by atoms with Gasteiger partial charge in [-0.1, -0.05) is 24.3 Å². The number of aliphatic imine (C=N–C) groups is 1. The van der Waals surface area contributed by atoms with E-state index >= 15 is 0 Å². The van der Waals surface area contributed by atoms with Crippen LogP contribution in [0.15, 0.2) is 83.6 Å². The molecule has 1 amide bonds. The van der Waals surface area contributed by atoms with E-state index in [0.29, 0.717) is 41.9 Å². The third-order valence-corrected chi connectivity index (χ3v) is 7.01. The smallest absolute Gasteiger partial charge is 0.274 e. The topological polar surface area (TPSA) is 110 Å². The molecule has 1 aliphatic rings. The number of methoxy groups -OCH3 is 2. The molecule has 2 heterocycles.